The minimum Gasteiger partial charge on any atom is -0.295 e. The molecule has 14 heavy (non-hydrogen) atoms. The summed E-state index contributed by atoms with van der Waals surface area (Å²) in [6.45, 7) is 8.38. The van der Waals surface area contributed by atoms with Crippen molar-refractivity contribution in [1.82, 2.24) is 0 Å². The highest BCUT2D eigenvalue weighted by Crippen LogP contribution is 2.44. The molecule has 1 rings (SSSR count). The number of hydrogen-bond donors (Lipinski definition) is 0. The largest absolute Gasteiger partial charge is 0.295 e. The Morgan fingerprint density at radius 2 is 2.29 bits per heavy atom. The smallest absolute Gasteiger partial charge is 0.152 e. The van der Waals surface area contributed by atoms with Crippen LogP contribution in [0.25, 0.3) is 0 Å². The average molecular weight is 192 g/mol. The van der Waals surface area contributed by atoms with E-state index in [1.165, 1.54) is 5.57 Å². The van der Waals surface area contributed by atoms with Crippen molar-refractivity contribution in [3.8, 4) is 0 Å². The van der Waals surface area contributed by atoms with Gasteiger partial charge in [-0.05, 0) is 44.1 Å². The average Bonchev–Trinajstić information content (AvgIpc) is 2.30. The Morgan fingerprint density at radius 1 is 1.64 bits per heavy atom. The number of allylic oxidation sites excluding steroid dienone is 4. The number of rotatable bonds is 3. The normalized spacial score (nSPS) is 25.4. The van der Waals surface area contributed by atoms with E-state index >= 15 is 0 Å². The molecule has 0 amide bonds. The maximum absolute atomic E-state index is 10.7. The Balaban J connectivity index is 2.53. The summed E-state index contributed by atoms with van der Waals surface area (Å²) in [5.74, 6) is 0.809. The minimum absolute atomic E-state index is 0.144. The Kier molecular flexibility index (Phi) is 3.30. The van der Waals surface area contributed by atoms with E-state index in [4.69, 9.17) is 0 Å². The van der Waals surface area contributed by atoms with Crippen molar-refractivity contribution < 1.29 is 4.79 Å². The number of carbonyl (C=O) groups is 1. The van der Waals surface area contributed by atoms with Gasteiger partial charge in [-0.25, -0.2) is 0 Å². The molecule has 1 aliphatic carbocycles. The zero-order valence-corrected chi connectivity index (χ0v) is 9.63. The molecule has 0 spiro atoms. The maximum Gasteiger partial charge on any atom is 0.152 e. The van der Waals surface area contributed by atoms with Crippen LogP contribution in [0.1, 0.15) is 40.5 Å². The van der Waals surface area contributed by atoms with Crippen LogP contribution in [0.15, 0.2) is 23.8 Å². The Bertz CT molecular complexity index is 282. The van der Waals surface area contributed by atoms with Crippen LogP contribution in [0, 0.1) is 11.3 Å². The van der Waals surface area contributed by atoms with Gasteiger partial charge in [0.25, 0.3) is 0 Å². The van der Waals surface area contributed by atoms with Gasteiger partial charge in [0.05, 0.1) is 0 Å². The van der Waals surface area contributed by atoms with E-state index in [0.717, 1.165) is 12.8 Å². The second-order valence-electron chi connectivity index (χ2n) is 4.79. The van der Waals surface area contributed by atoms with Crippen LogP contribution in [0.2, 0.25) is 0 Å². The molecular formula is C13H20O. The Labute approximate surface area is 86.9 Å². The van der Waals surface area contributed by atoms with Gasteiger partial charge in [0.1, 0.15) is 0 Å². The predicted octanol–water partition coefficient (Wildman–Crippen LogP) is 3.51. The number of ketones is 1. The molecule has 0 aromatic heterocycles. The van der Waals surface area contributed by atoms with Crippen molar-refractivity contribution in [1.29, 1.82) is 0 Å². The first-order valence-electron chi connectivity index (χ1n) is 5.29. The number of carbonyl (C=O) groups excluding carboxylic acids is 1. The van der Waals surface area contributed by atoms with Crippen molar-refractivity contribution in [2.45, 2.75) is 40.5 Å². The first-order valence-corrected chi connectivity index (χ1v) is 5.29. The molecule has 1 nitrogen and oxygen atoms in total. The van der Waals surface area contributed by atoms with Gasteiger partial charge in [-0.15, -0.1) is 0 Å². The zero-order chi connectivity index (χ0) is 10.8. The van der Waals surface area contributed by atoms with Crippen LogP contribution in [0.4, 0.5) is 0 Å². The van der Waals surface area contributed by atoms with E-state index in [1.807, 2.05) is 6.08 Å². The van der Waals surface area contributed by atoms with Crippen LogP contribution in [-0.4, -0.2) is 5.78 Å². The van der Waals surface area contributed by atoms with Gasteiger partial charge < -0.3 is 0 Å². The highest BCUT2D eigenvalue weighted by molar-refractivity contribution is 5.87. The lowest BCUT2D eigenvalue weighted by Gasteiger charge is -2.28. The van der Waals surface area contributed by atoms with Crippen LogP contribution in [0.3, 0.4) is 0 Å². The highest BCUT2D eigenvalue weighted by Gasteiger charge is 2.33. The highest BCUT2D eigenvalue weighted by atomic mass is 16.1. The molecule has 0 aromatic carbocycles. The lowest BCUT2D eigenvalue weighted by molar-refractivity contribution is -0.112. The van der Waals surface area contributed by atoms with Crippen LogP contribution >= 0.6 is 0 Å². The van der Waals surface area contributed by atoms with Gasteiger partial charge in [0, 0.05) is 0 Å². The molecule has 0 aliphatic heterocycles. The zero-order valence-electron chi connectivity index (χ0n) is 9.63. The van der Waals surface area contributed by atoms with E-state index in [0.29, 0.717) is 11.3 Å². The molecule has 0 saturated heterocycles. The van der Waals surface area contributed by atoms with E-state index in [1.54, 1.807) is 13.0 Å². The van der Waals surface area contributed by atoms with Gasteiger partial charge in [-0.1, -0.05) is 31.6 Å². The van der Waals surface area contributed by atoms with E-state index < -0.39 is 0 Å². The van der Waals surface area contributed by atoms with E-state index in [-0.39, 0.29) is 5.78 Å². The van der Waals surface area contributed by atoms with E-state index in [2.05, 4.69) is 26.8 Å². The third kappa shape index (κ3) is 2.34. The van der Waals surface area contributed by atoms with Gasteiger partial charge >= 0.3 is 0 Å². The fraction of sp³-hybridized carbons (Fsp3) is 0.615. The number of hydrogen-bond acceptors (Lipinski definition) is 1. The summed E-state index contributed by atoms with van der Waals surface area (Å²) >= 11 is 0. The van der Waals surface area contributed by atoms with Crippen molar-refractivity contribution in [3.05, 3.63) is 23.8 Å². The summed E-state index contributed by atoms with van der Waals surface area (Å²) in [5, 5.41) is 0. The first-order chi connectivity index (χ1) is 6.44. The topological polar surface area (TPSA) is 17.1 Å². The summed E-state index contributed by atoms with van der Waals surface area (Å²) in [5.41, 5.74) is 1.79. The minimum atomic E-state index is 0.144. The molecule has 1 heteroatoms. The lowest BCUT2D eigenvalue weighted by Crippen LogP contribution is -2.19. The quantitative estimate of drug-likeness (QED) is 0.494. The molecule has 0 fully saturated rings. The lowest BCUT2D eigenvalue weighted by atomic mass is 9.76. The molecule has 78 valence electrons. The predicted molar refractivity (Wildman–Crippen MR) is 60.1 cm³/mol. The SMILES string of the molecule is CC(=O)/C=C/CC1CC=C(C)C1(C)C. The van der Waals surface area contributed by atoms with Crippen LogP contribution < -0.4 is 0 Å². The maximum atomic E-state index is 10.7. The summed E-state index contributed by atoms with van der Waals surface area (Å²) in [6.07, 6.45) is 8.19. The van der Waals surface area contributed by atoms with Gasteiger partial charge in [-0.3, -0.25) is 4.79 Å². The molecule has 0 N–H and O–H groups in total. The summed E-state index contributed by atoms with van der Waals surface area (Å²) in [6, 6.07) is 0. The molecule has 0 radical (unpaired) electrons. The fourth-order valence-corrected chi connectivity index (χ4v) is 1.99. The first kappa shape index (κ1) is 11.2. The molecule has 0 bridgehead atoms. The summed E-state index contributed by atoms with van der Waals surface area (Å²) < 4.78 is 0. The third-order valence-electron chi connectivity index (χ3n) is 3.52. The molecule has 0 saturated carbocycles. The summed E-state index contributed by atoms with van der Waals surface area (Å²) in [7, 11) is 0. The molecular weight excluding hydrogens is 172 g/mol. The molecule has 1 aliphatic rings. The second kappa shape index (κ2) is 4.12. The van der Waals surface area contributed by atoms with Crippen LogP contribution in [0.5, 0.6) is 0 Å². The summed E-state index contributed by atoms with van der Waals surface area (Å²) in [4.78, 5) is 10.7. The van der Waals surface area contributed by atoms with Gasteiger partial charge in [-0.2, -0.15) is 0 Å². The van der Waals surface area contributed by atoms with Crippen molar-refractivity contribution in [2.24, 2.45) is 11.3 Å². The Hall–Kier alpha value is -0.850. The monoisotopic (exact) mass is 192 g/mol. The van der Waals surface area contributed by atoms with Crippen molar-refractivity contribution in [3.63, 3.8) is 0 Å². The fourth-order valence-electron chi connectivity index (χ4n) is 1.99. The van der Waals surface area contributed by atoms with Crippen molar-refractivity contribution in [2.75, 3.05) is 0 Å². The van der Waals surface area contributed by atoms with Crippen LogP contribution in [-0.2, 0) is 4.79 Å². The molecule has 1 unspecified atom stereocenters. The van der Waals surface area contributed by atoms with E-state index in [9.17, 15) is 4.79 Å². The van der Waals surface area contributed by atoms with Crippen molar-refractivity contribution >= 4 is 5.78 Å². The van der Waals surface area contributed by atoms with Gasteiger partial charge in [0.2, 0.25) is 0 Å². The standard InChI is InChI=1S/C13H20O/c1-10-8-9-12(13(10,3)4)7-5-6-11(2)14/h5-6,8,12H,7,9H2,1-4H3/b6-5+. The Morgan fingerprint density at radius 3 is 2.71 bits per heavy atom. The molecule has 1 atom stereocenters. The second-order valence-corrected chi connectivity index (χ2v) is 4.79. The third-order valence-corrected chi connectivity index (χ3v) is 3.52. The van der Waals surface area contributed by atoms with Gasteiger partial charge in [0.15, 0.2) is 5.78 Å². The molecule has 0 heterocycles. The molecule has 0 aromatic rings.